The third-order valence-electron chi connectivity index (χ3n) is 4.65. The number of nitrogens with one attached hydrogen (secondary N) is 2. The summed E-state index contributed by atoms with van der Waals surface area (Å²) in [6.45, 7) is 2.89. The maximum Gasteiger partial charge on any atom is 0.155 e. The molecule has 0 amide bonds. The highest BCUT2D eigenvalue weighted by atomic mass is 32.1. The predicted molar refractivity (Wildman–Crippen MR) is 114 cm³/mol. The number of rotatable bonds is 5. The molecule has 4 heterocycles. The quantitative estimate of drug-likeness (QED) is 0.813. The predicted octanol–water partition coefficient (Wildman–Crippen LogP) is 3.29. The minimum atomic E-state index is 0.869. The molecule has 0 atom stereocenters. The third kappa shape index (κ3) is 3.93. The molecule has 8 heteroatoms. The Balaban J connectivity index is 1.77. The van der Waals surface area contributed by atoms with Crippen LogP contribution in [-0.2, 0) is 7.05 Å². The van der Waals surface area contributed by atoms with Crippen molar-refractivity contribution >= 4 is 28.1 Å². The van der Waals surface area contributed by atoms with Crippen molar-refractivity contribution in [2.24, 2.45) is 12.0 Å². The van der Waals surface area contributed by atoms with Crippen LogP contribution in [-0.4, -0.2) is 38.5 Å². The van der Waals surface area contributed by atoms with E-state index in [-0.39, 0.29) is 0 Å². The van der Waals surface area contributed by atoms with Gasteiger partial charge in [0.1, 0.15) is 5.00 Å². The number of amidine groups is 1. The van der Waals surface area contributed by atoms with Crippen molar-refractivity contribution in [1.82, 2.24) is 29.7 Å². The molecule has 0 saturated heterocycles. The Morgan fingerprint density at radius 1 is 1.29 bits per heavy atom. The normalized spacial score (nSPS) is 18.2. The van der Waals surface area contributed by atoms with Gasteiger partial charge in [-0.15, -0.1) is 0 Å². The molecule has 0 fully saturated rings. The lowest BCUT2D eigenvalue weighted by molar-refractivity contribution is 0.633. The van der Waals surface area contributed by atoms with Crippen LogP contribution < -0.4 is 10.6 Å². The van der Waals surface area contributed by atoms with E-state index < -0.39 is 0 Å². The van der Waals surface area contributed by atoms with Crippen molar-refractivity contribution in [3.05, 3.63) is 59.5 Å². The molecule has 2 aliphatic rings. The van der Waals surface area contributed by atoms with Crippen LogP contribution in [0.1, 0.15) is 30.5 Å². The first-order valence-electron chi connectivity index (χ1n) is 9.47. The van der Waals surface area contributed by atoms with Crippen LogP contribution in [0.15, 0.2) is 53.2 Å². The standard InChI is InChI=1S/C20H25N7S/c1-14-10-19(28-25-14)24-20-18-7-5-4-6-17(15-11-22-26(3)12-15)27(18)13-16(23-20)8-9-21-2/h6-7,10-13,21H,4-5,8-9H2,1-3H3,(H,23,24). The van der Waals surface area contributed by atoms with Gasteiger partial charge in [0.15, 0.2) is 5.84 Å². The average Bonchev–Trinajstić information content (AvgIpc) is 3.22. The summed E-state index contributed by atoms with van der Waals surface area (Å²) in [5.41, 5.74) is 5.45. The minimum Gasteiger partial charge on any atom is -0.341 e. The molecule has 0 radical (unpaired) electrons. The van der Waals surface area contributed by atoms with Gasteiger partial charge in [0.05, 0.1) is 23.3 Å². The molecule has 0 unspecified atom stereocenters. The summed E-state index contributed by atoms with van der Waals surface area (Å²) >= 11 is 1.42. The number of allylic oxidation sites excluding steroid dienone is 2. The van der Waals surface area contributed by atoms with Gasteiger partial charge in [-0.25, -0.2) is 4.99 Å². The fourth-order valence-electron chi connectivity index (χ4n) is 3.32. The fraction of sp³-hybridized carbons (Fsp3) is 0.350. The highest BCUT2D eigenvalue weighted by Crippen LogP contribution is 2.32. The zero-order valence-corrected chi connectivity index (χ0v) is 17.3. The van der Waals surface area contributed by atoms with Crippen LogP contribution in [0.2, 0.25) is 0 Å². The monoisotopic (exact) mass is 395 g/mol. The maximum atomic E-state index is 4.90. The molecular formula is C20H25N7S. The van der Waals surface area contributed by atoms with Crippen LogP contribution in [0.25, 0.3) is 5.70 Å². The van der Waals surface area contributed by atoms with E-state index in [2.05, 4.69) is 49.6 Å². The average molecular weight is 396 g/mol. The van der Waals surface area contributed by atoms with E-state index in [0.717, 1.165) is 65.0 Å². The van der Waals surface area contributed by atoms with Crippen molar-refractivity contribution in [2.45, 2.75) is 26.2 Å². The van der Waals surface area contributed by atoms with E-state index in [4.69, 9.17) is 4.99 Å². The summed E-state index contributed by atoms with van der Waals surface area (Å²) < 4.78 is 6.21. The highest BCUT2D eigenvalue weighted by Gasteiger charge is 2.26. The van der Waals surface area contributed by atoms with E-state index in [1.165, 1.54) is 11.5 Å². The van der Waals surface area contributed by atoms with E-state index in [1.807, 2.05) is 38.0 Å². The number of aliphatic imine (C=N–C) groups is 1. The Kier molecular flexibility index (Phi) is 5.40. The Morgan fingerprint density at radius 3 is 2.79 bits per heavy atom. The third-order valence-corrected chi connectivity index (χ3v) is 5.43. The van der Waals surface area contributed by atoms with Crippen molar-refractivity contribution in [2.75, 3.05) is 13.6 Å². The summed E-state index contributed by atoms with van der Waals surface area (Å²) in [5.74, 6) is 0.869. The molecule has 2 aromatic rings. The van der Waals surface area contributed by atoms with Gasteiger partial charge in [0.25, 0.3) is 0 Å². The summed E-state index contributed by atoms with van der Waals surface area (Å²) in [6, 6.07) is 2.02. The fourth-order valence-corrected chi connectivity index (χ4v) is 3.96. The number of aryl methyl sites for hydroxylation is 2. The number of aromatic nitrogens is 3. The Bertz CT molecular complexity index is 976. The second-order valence-electron chi connectivity index (χ2n) is 6.93. The second-order valence-corrected chi connectivity index (χ2v) is 7.71. The molecule has 0 bridgehead atoms. The molecule has 28 heavy (non-hydrogen) atoms. The SMILES string of the molecule is CNCCC1=CN2C(=CCCC=C2c2cnn(C)c2)/C(=N\c2cc(C)ns2)N1. The molecule has 2 aliphatic heterocycles. The van der Waals surface area contributed by atoms with E-state index >= 15 is 0 Å². The summed E-state index contributed by atoms with van der Waals surface area (Å²) in [4.78, 5) is 7.15. The van der Waals surface area contributed by atoms with Crippen LogP contribution >= 0.6 is 11.5 Å². The molecule has 2 N–H and O–H groups in total. The second kappa shape index (κ2) is 8.12. The molecule has 2 aromatic heterocycles. The maximum absolute atomic E-state index is 4.90. The zero-order chi connectivity index (χ0) is 19.5. The largest absolute Gasteiger partial charge is 0.341 e. The van der Waals surface area contributed by atoms with Crippen LogP contribution in [0, 0.1) is 6.92 Å². The number of fused-ring (bicyclic) bond motifs is 1. The molecule has 146 valence electrons. The van der Waals surface area contributed by atoms with Gasteiger partial charge in [-0.1, -0.05) is 12.2 Å². The molecule has 0 saturated carbocycles. The molecule has 4 rings (SSSR count). The Labute approximate surface area is 169 Å². The Morgan fingerprint density at radius 2 is 2.11 bits per heavy atom. The minimum absolute atomic E-state index is 0.869. The van der Waals surface area contributed by atoms with Crippen molar-refractivity contribution in [3.63, 3.8) is 0 Å². The lowest BCUT2D eigenvalue weighted by Gasteiger charge is -2.32. The van der Waals surface area contributed by atoms with Crippen molar-refractivity contribution in [3.8, 4) is 0 Å². The van der Waals surface area contributed by atoms with Crippen LogP contribution in [0.3, 0.4) is 0 Å². The van der Waals surface area contributed by atoms with Crippen molar-refractivity contribution < 1.29 is 0 Å². The van der Waals surface area contributed by atoms with E-state index in [0.29, 0.717) is 0 Å². The van der Waals surface area contributed by atoms with Gasteiger partial charge in [0.2, 0.25) is 0 Å². The highest BCUT2D eigenvalue weighted by molar-refractivity contribution is 7.09. The first-order chi connectivity index (χ1) is 13.6. The van der Waals surface area contributed by atoms with Gasteiger partial charge < -0.3 is 15.5 Å². The summed E-state index contributed by atoms with van der Waals surface area (Å²) in [6.07, 6.45) is 13.5. The van der Waals surface area contributed by atoms with Gasteiger partial charge in [-0.3, -0.25) is 4.68 Å². The Hall–Kier alpha value is -2.71. The zero-order valence-electron chi connectivity index (χ0n) is 16.4. The summed E-state index contributed by atoms with van der Waals surface area (Å²) in [5, 5.41) is 12.0. The smallest absolute Gasteiger partial charge is 0.155 e. The first kappa shape index (κ1) is 18.6. The molecule has 0 spiro atoms. The number of hydrogen-bond acceptors (Lipinski definition) is 6. The topological polar surface area (TPSA) is 70.4 Å². The van der Waals surface area contributed by atoms with E-state index in [1.54, 1.807) is 0 Å². The van der Waals surface area contributed by atoms with Gasteiger partial charge in [-0.2, -0.15) is 9.47 Å². The van der Waals surface area contributed by atoms with Crippen molar-refractivity contribution in [1.29, 1.82) is 0 Å². The van der Waals surface area contributed by atoms with Gasteiger partial charge in [-0.05, 0) is 44.4 Å². The molecular weight excluding hydrogens is 370 g/mol. The molecule has 0 aliphatic carbocycles. The first-order valence-corrected chi connectivity index (χ1v) is 10.2. The molecule has 0 aromatic carbocycles. The number of hydrogen-bond donors (Lipinski definition) is 2. The summed E-state index contributed by atoms with van der Waals surface area (Å²) in [7, 11) is 3.92. The molecule has 7 nitrogen and oxygen atoms in total. The lowest BCUT2D eigenvalue weighted by atomic mass is 10.1. The number of nitrogens with zero attached hydrogens (tertiary/aromatic N) is 5. The van der Waals surface area contributed by atoms with Gasteiger partial charge in [0, 0.05) is 43.7 Å². The van der Waals surface area contributed by atoms with Crippen LogP contribution in [0.4, 0.5) is 5.00 Å². The lowest BCUT2D eigenvalue weighted by Crippen LogP contribution is -2.38. The van der Waals surface area contributed by atoms with Gasteiger partial charge >= 0.3 is 0 Å². The van der Waals surface area contributed by atoms with E-state index in [9.17, 15) is 0 Å². The van der Waals surface area contributed by atoms with Crippen LogP contribution in [0.5, 0.6) is 0 Å².